The van der Waals surface area contributed by atoms with Gasteiger partial charge in [-0.2, -0.15) is 0 Å². The molecule has 0 spiro atoms. The molecule has 0 fully saturated rings. The van der Waals surface area contributed by atoms with Crippen molar-refractivity contribution in [2.24, 2.45) is 0 Å². The molecule has 106 valence electrons. The highest BCUT2D eigenvalue weighted by atomic mass is 32.1. The van der Waals surface area contributed by atoms with E-state index >= 15 is 0 Å². The van der Waals surface area contributed by atoms with Gasteiger partial charge in [-0.25, -0.2) is 0 Å². The molecule has 3 aromatic rings. The number of hydrogen-bond donors (Lipinski definition) is 1. The van der Waals surface area contributed by atoms with Gasteiger partial charge in [-0.05, 0) is 46.1 Å². The number of ether oxygens (including phenoxy) is 1. The first-order valence-corrected chi connectivity index (χ1v) is 8.07. The number of rotatable bonds is 3. The van der Waals surface area contributed by atoms with Crippen LogP contribution in [0.5, 0.6) is 0 Å². The fraction of sp³-hybridized carbons (Fsp3) is 0.222. The molecular weight excluding hydrogens is 278 g/mol. The average molecular weight is 295 g/mol. The minimum Gasteiger partial charge on any atom is -0.372 e. The largest absolute Gasteiger partial charge is 0.372 e. The van der Waals surface area contributed by atoms with Crippen LogP contribution in [-0.2, 0) is 18.0 Å². The molecule has 0 aliphatic carbocycles. The van der Waals surface area contributed by atoms with Gasteiger partial charge in [0.25, 0.3) is 0 Å². The zero-order valence-electron chi connectivity index (χ0n) is 11.9. The van der Waals surface area contributed by atoms with E-state index in [9.17, 15) is 0 Å². The predicted octanol–water partition coefficient (Wildman–Crippen LogP) is 4.24. The monoisotopic (exact) mass is 295 g/mol. The van der Waals surface area contributed by atoms with E-state index in [-0.39, 0.29) is 6.04 Å². The van der Waals surface area contributed by atoms with Gasteiger partial charge in [-0.3, -0.25) is 0 Å². The Balaban J connectivity index is 1.83. The highest BCUT2D eigenvalue weighted by molar-refractivity contribution is 7.17. The first kappa shape index (κ1) is 13.0. The molecule has 0 bridgehead atoms. The summed E-state index contributed by atoms with van der Waals surface area (Å²) in [4.78, 5) is 0. The molecule has 1 aliphatic rings. The Bertz CT molecular complexity index is 793. The molecule has 3 heteroatoms. The quantitative estimate of drug-likeness (QED) is 0.780. The van der Waals surface area contributed by atoms with Gasteiger partial charge in [0.15, 0.2) is 0 Å². The minimum absolute atomic E-state index is 0.221. The summed E-state index contributed by atoms with van der Waals surface area (Å²) in [5.74, 6) is 0. The van der Waals surface area contributed by atoms with Crippen molar-refractivity contribution < 1.29 is 4.74 Å². The van der Waals surface area contributed by atoms with Gasteiger partial charge in [0.1, 0.15) is 0 Å². The lowest BCUT2D eigenvalue weighted by Crippen LogP contribution is -2.18. The first-order valence-electron chi connectivity index (χ1n) is 7.19. The van der Waals surface area contributed by atoms with Crippen molar-refractivity contribution in [2.75, 3.05) is 7.05 Å². The van der Waals surface area contributed by atoms with Crippen LogP contribution in [0.2, 0.25) is 0 Å². The lowest BCUT2D eigenvalue weighted by Gasteiger charge is -2.19. The fourth-order valence-electron chi connectivity index (χ4n) is 3.12. The van der Waals surface area contributed by atoms with Crippen LogP contribution in [-0.4, -0.2) is 7.05 Å². The number of nitrogens with one attached hydrogen (secondary N) is 1. The Morgan fingerprint density at radius 1 is 1.10 bits per heavy atom. The van der Waals surface area contributed by atoms with Gasteiger partial charge < -0.3 is 10.1 Å². The maximum absolute atomic E-state index is 5.53. The van der Waals surface area contributed by atoms with Crippen LogP contribution < -0.4 is 5.32 Å². The molecule has 1 N–H and O–H groups in total. The van der Waals surface area contributed by atoms with Gasteiger partial charge in [0, 0.05) is 4.70 Å². The standard InChI is InChI=1S/C18H17NOS/c1-19-17(13-5-6-14-10-20-11-15(14)9-13)16-4-2-3-12-7-8-21-18(12)16/h2-9,17,19H,10-11H2,1H3. The smallest absolute Gasteiger partial charge is 0.0725 e. The molecule has 2 aromatic carbocycles. The molecule has 1 atom stereocenters. The maximum atomic E-state index is 5.53. The molecule has 0 radical (unpaired) electrons. The highest BCUT2D eigenvalue weighted by Gasteiger charge is 2.18. The van der Waals surface area contributed by atoms with E-state index in [0.29, 0.717) is 0 Å². The number of fused-ring (bicyclic) bond motifs is 2. The van der Waals surface area contributed by atoms with Gasteiger partial charge >= 0.3 is 0 Å². The normalized spacial score (nSPS) is 15.3. The third kappa shape index (κ3) is 2.18. The first-order chi connectivity index (χ1) is 10.4. The molecule has 2 heterocycles. The second-order valence-corrected chi connectivity index (χ2v) is 6.34. The molecular formula is C18H17NOS. The molecule has 0 saturated carbocycles. The molecule has 1 unspecified atom stereocenters. The summed E-state index contributed by atoms with van der Waals surface area (Å²) in [6.45, 7) is 1.49. The predicted molar refractivity (Wildman–Crippen MR) is 87.7 cm³/mol. The Hall–Kier alpha value is -1.68. The second kappa shape index (κ2) is 5.26. The molecule has 1 aromatic heterocycles. The van der Waals surface area contributed by atoms with E-state index in [1.165, 1.54) is 32.3 Å². The van der Waals surface area contributed by atoms with E-state index in [0.717, 1.165) is 13.2 Å². The summed E-state index contributed by atoms with van der Waals surface area (Å²) >= 11 is 1.81. The zero-order chi connectivity index (χ0) is 14.2. The minimum atomic E-state index is 0.221. The summed E-state index contributed by atoms with van der Waals surface area (Å²) < 4.78 is 6.90. The van der Waals surface area contributed by atoms with Crippen LogP contribution in [0.1, 0.15) is 28.3 Å². The van der Waals surface area contributed by atoms with E-state index < -0.39 is 0 Å². The van der Waals surface area contributed by atoms with Crippen LogP contribution in [0.4, 0.5) is 0 Å². The van der Waals surface area contributed by atoms with Gasteiger partial charge in [0.2, 0.25) is 0 Å². The third-order valence-electron chi connectivity index (χ3n) is 4.19. The van der Waals surface area contributed by atoms with Crippen LogP contribution in [0.15, 0.2) is 47.8 Å². The number of thiophene rings is 1. The summed E-state index contributed by atoms with van der Waals surface area (Å²) in [7, 11) is 2.03. The van der Waals surface area contributed by atoms with Gasteiger partial charge in [0.05, 0.1) is 19.3 Å². The summed E-state index contributed by atoms with van der Waals surface area (Å²) in [5, 5.41) is 6.96. The van der Waals surface area contributed by atoms with Crippen LogP contribution in [0.25, 0.3) is 10.1 Å². The van der Waals surface area contributed by atoms with Crippen LogP contribution in [0, 0.1) is 0 Å². The van der Waals surface area contributed by atoms with E-state index in [1.54, 1.807) is 0 Å². The third-order valence-corrected chi connectivity index (χ3v) is 5.17. The number of benzene rings is 2. The van der Waals surface area contributed by atoms with Crippen LogP contribution >= 0.6 is 11.3 Å². The molecule has 0 saturated heterocycles. The van der Waals surface area contributed by atoms with Crippen LogP contribution in [0.3, 0.4) is 0 Å². The van der Waals surface area contributed by atoms with Gasteiger partial charge in [-0.15, -0.1) is 11.3 Å². The lowest BCUT2D eigenvalue weighted by molar-refractivity contribution is 0.134. The van der Waals surface area contributed by atoms with Crippen molar-refractivity contribution in [2.45, 2.75) is 19.3 Å². The summed E-state index contributed by atoms with van der Waals surface area (Å²) in [6, 6.07) is 15.7. The Morgan fingerprint density at radius 3 is 2.90 bits per heavy atom. The SMILES string of the molecule is CNC(c1ccc2c(c1)COC2)c1cccc2ccsc12. The fourth-order valence-corrected chi connectivity index (χ4v) is 4.06. The molecule has 0 amide bonds. The average Bonchev–Trinajstić information content (AvgIpc) is 3.16. The summed E-state index contributed by atoms with van der Waals surface area (Å²) in [5.41, 5.74) is 5.31. The van der Waals surface area contributed by atoms with E-state index in [2.05, 4.69) is 53.2 Å². The van der Waals surface area contributed by atoms with Crippen molar-refractivity contribution in [1.82, 2.24) is 5.32 Å². The Morgan fingerprint density at radius 2 is 2.00 bits per heavy atom. The van der Waals surface area contributed by atoms with Gasteiger partial charge in [-0.1, -0.05) is 36.4 Å². The zero-order valence-corrected chi connectivity index (χ0v) is 12.7. The Labute approximate surface area is 128 Å². The Kier molecular flexibility index (Phi) is 3.26. The maximum Gasteiger partial charge on any atom is 0.0725 e. The number of hydrogen-bond acceptors (Lipinski definition) is 3. The van der Waals surface area contributed by atoms with E-state index in [4.69, 9.17) is 4.74 Å². The summed E-state index contributed by atoms with van der Waals surface area (Å²) in [6.07, 6.45) is 0. The van der Waals surface area contributed by atoms with Crippen molar-refractivity contribution >= 4 is 21.4 Å². The topological polar surface area (TPSA) is 21.3 Å². The van der Waals surface area contributed by atoms with E-state index in [1.807, 2.05) is 18.4 Å². The van der Waals surface area contributed by atoms with Crippen molar-refractivity contribution in [3.63, 3.8) is 0 Å². The highest BCUT2D eigenvalue weighted by Crippen LogP contribution is 2.33. The molecule has 2 nitrogen and oxygen atoms in total. The van der Waals surface area contributed by atoms with Crippen molar-refractivity contribution in [1.29, 1.82) is 0 Å². The van der Waals surface area contributed by atoms with Crippen molar-refractivity contribution in [3.05, 3.63) is 70.1 Å². The lowest BCUT2D eigenvalue weighted by atomic mass is 9.95. The second-order valence-electron chi connectivity index (χ2n) is 5.43. The molecule has 4 rings (SSSR count). The van der Waals surface area contributed by atoms with Crippen molar-refractivity contribution in [3.8, 4) is 0 Å². The molecule has 1 aliphatic heterocycles. The molecule has 21 heavy (non-hydrogen) atoms.